The number of aromatic nitrogens is 2. The Hall–Kier alpha value is -4.08. The fourth-order valence-electron chi connectivity index (χ4n) is 6.93. The van der Waals surface area contributed by atoms with Gasteiger partial charge >= 0.3 is 0 Å². The van der Waals surface area contributed by atoms with Gasteiger partial charge in [0, 0.05) is 100 Å². The number of ether oxygens (including phenoxy) is 4. The number of hydrogen-bond acceptors (Lipinski definition) is 14. The highest BCUT2D eigenvalue weighted by Gasteiger charge is 2.32. The van der Waals surface area contributed by atoms with Crippen LogP contribution in [0.25, 0.3) is 22.5 Å². The highest BCUT2D eigenvalue weighted by Crippen LogP contribution is 2.36. The lowest BCUT2D eigenvalue weighted by Crippen LogP contribution is -2.48. The van der Waals surface area contributed by atoms with Gasteiger partial charge in [-0.2, -0.15) is 8.61 Å². The summed E-state index contributed by atoms with van der Waals surface area (Å²) in [5.41, 5.74) is 3.45. The predicted octanol–water partition coefficient (Wildman–Crippen LogP) is 9.29. The third-order valence-electron chi connectivity index (χ3n) is 10.3. The molecule has 340 valence electrons. The molecule has 0 aliphatic carbocycles. The van der Waals surface area contributed by atoms with Crippen molar-refractivity contribution in [3.05, 3.63) is 104 Å². The van der Waals surface area contributed by atoms with Crippen LogP contribution in [-0.2, 0) is 20.0 Å². The van der Waals surface area contributed by atoms with Crippen LogP contribution in [0.3, 0.4) is 0 Å². The maximum absolute atomic E-state index is 13.0. The van der Waals surface area contributed by atoms with Gasteiger partial charge in [0.2, 0.25) is 20.0 Å². The molecule has 22 heteroatoms. The number of nitrogens with zero attached hydrogens (tertiary/aromatic N) is 6. The molecule has 0 N–H and O–H groups in total. The van der Waals surface area contributed by atoms with Gasteiger partial charge in [-0.3, -0.25) is 0 Å². The van der Waals surface area contributed by atoms with E-state index in [-0.39, 0.29) is 9.79 Å². The number of anilines is 2. The van der Waals surface area contributed by atoms with Gasteiger partial charge in [0.15, 0.2) is 21.8 Å². The molecule has 64 heavy (non-hydrogen) atoms. The SMILES string of the molecule is COc1cc(OC)cc(-c2csc(N3CCN(S(=O)(=O)c4cc(Cl)cc(Cl)c4)CC3)n2)c1.COc1ccc(-c2csc(N3CCN(S(=O)(=O)c4cc(Cl)cc(Cl)c4)CC3)n2)cc1OC. The van der Waals surface area contributed by atoms with Gasteiger partial charge in [0.05, 0.1) is 49.6 Å². The van der Waals surface area contributed by atoms with E-state index < -0.39 is 20.0 Å². The molecule has 4 aromatic carbocycles. The Kier molecular flexibility index (Phi) is 15.4. The van der Waals surface area contributed by atoms with Gasteiger partial charge in [0.25, 0.3) is 0 Å². The number of halogens is 4. The van der Waals surface area contributed by atoms with Crippen molar-refractivity contribution in [2.45, 2.75) is 9.79 Å². The third kappa shape index (κ3) is 10.9. The number of hydrogen-bond donors (Lipinski definition) is 0. The molecule has 0 saturated carbocycles. The molecule has 8 rings (SSSR count). The summed E-state index contributed by atoms with van der Waals surface area (Å²) in [6.07, 6.45) is 0. The molecule has 2 aliphatic rings. The van der Waals surface area contributed by atoms with Gasteiger partial charge < -0.3 is 28.7 Å². The molecule has 0 atom stereocenters. The van der Waals surface area contributed by atoms with Crippen LogP contribution in [0.5, 0.6) is 23.0 Å². The second-order valence-corrected chi connectivity index (χ2v) is 21.5. The van der Waals surface area contributed by atoms with Crippen LogP contribution in [0.15, 0.2) is 93.3 Å². The summed E-state index contributed by atoms with van der Waals surface area (Å²) in [5, 5.41) is 6.80. The molecule has 0 unspecified atom stereocenters. The van der Waals surface area contributed by atoms with E-state index in [4.69, 9.17) is 75.3 Å². The van der Waals surface area contributed by atoms with Crippen LogP contribution in [0, 0.1) is 0 Å². The second kappa shape index (κ2) is 20.6. The molecule has 0 spiro atoms. The highest BCUT2D eigenvalue weighted by atomic mass is 35.5. The average molecular weight is 1030 g/mol. The molecule has 2 fully saturated rings. The van der Waals surface area contributed by atoms with E-state index in [1.807, 2.05) is 47.2 Å². The van der Waals surface area contributed by atoms with Crippen molar-refractivity contribution in [1.29, 1.82) is 0 Å². The zero-order chi connectivity index (χ0) is 45.8. The summed E-state index contributed by atoms with van der Waals surface area (Å²) in [4.78, 5) is 13.9. The van der Waals surface area contributed by atoms with Crippen molar-refractivity contribution in [3.8, 4) is 45.5 Å². The van der Waals surface area contributed by atoms with Crippen molar-refractivity contribution in [2.24, 2.45) is 0 Å². The van der Waals surface area contributed by atoms with Crippen LogP contribution in [0.4, 0.5) is 10.3 Å². The topological polar surface area (TPSA) is 144 Å². The van der Waals surface area contributed by atoms with Gasteiger partial charge in [-0.15, -0.1) is 22.7 Å². The van der Waals surface area contributed by atoms with Gasteiger partial charge in [0.1, 0.15) is 11.5 Å². The van der Waals surface area contributed by atoms with Crippen LogP contribution in [0.2, 0.25) is 20.1 Å². The van der Waals surface area contributed by atoms with Crippen molar-refractivity contribution in [2.75, 3.05) is 90.6 Å². The standard InChI is InChI=1S/2C21H21Cl2N3O4S2/c1-29-17-7-14(8-18(12-17)30-2)20-13-31-21(24-20)25-3-5-26(6-4-25)32(27,28)19-10-15(22)9-16(23)11-19;1-29-19-4-3-14(9-20(19)30-2)18-13-31-21(24-18)25-5-7-26(8-6-25)32(27,28)17-11-15(22)10-16(23)12-17/h7-13H,3-6H2,1-2H3;3-4,9-13H,5-8H2,1-2H3. The van der Waals surface area contributed by atoms with Crippen molar-refractivity contribution >= 4 is 99.4 Å². The van der Waals surface area contributed by atoms with Gasteiger partial charge in [-0.25, -0.2) is 26.8 Å². The summed E-state index contributed by atoms with van der Waals surface area (Å²) < 4.78 is 76.2. The molecule has 2 aliphatic heterocycles. The summed E-state index contributed by atoms with van der Waals surface area (Å²) in [6.45, 7) is 3.50. The minimum absolute atomic E-state index is 0.104. The molecule has 0 amide bonds. The van der Waals surface area contributed by atoms with Crippen molar-refractivity contribution in [3.63, 3.8) is 0 Å². The molecular formula is C42H42Cl4N6O8S4. The number of piperazine rings is 2. The van der Waals surface area contributed by atoms with E-state index in [1.165, 1.54) is 67.7 Å². The average Bonchev–Trinajstić information content (AvgIpc) is 4.00. The summed E-state index contributed by atoms with van der Waals surface area (Å²) in [7, 11) is -0.936. The van der Waals surface area contributed by atoms with E-state index in [0.29, 0.717) is 95.4 Å². The summed E-state index contributed by atoms with van der Waals surface area (Å²) in [6, 6.07) is 20.0. The first kappa shape index (κ1) is 47.9. The fraction of sp³-hybridized carbons (Fsp3) is 0.286. The predicted molar refractivity (Wildman–Crippen MR) is 256 cm³/mol. The smallest absolute Gasteiger partial charge is 0.243 e. The Morgan fingerprint density at radius 1 is 0.484 bits per heavy atom. The first-order chi connectivity index (χ1) is 30.6. The molecule has 0 bridgehead atoms. The quantitative estimate of drug-likeness (QED) is 0.115. The second-order valence-electron chi connectivity index (χ2n) is 14.2. The largest absolute Gasteiger partial charge is 0.497 e. The van der Waals surface area contributed by atoms with E-state index in [0.717, 1.165) is 32.8 Å². The monoisotopic (exact) mass is 1030 g/mol. The number of thiazole rings is 2. The van der Waals surface area contributed by atoms with Crippen molar-refractivity contribution < 1.29 is 35.8 Å². The number of benzene rings is 4. The molecule has 2 saturated heterocycles. The van der Waals surface area contributed by atoms with Crippen LogP contribution in [0.1, 0.15) is 0 Å². The van der Waals surface area contributed by atoms with E-state index in [2.05, 4.69) is 9.80 Å². The third-order valence-corrected chi connectivity index (χ3v) is 16.7. The Labute approximate surface area is 400 Å². The molecule has 14 nitrogen and oxygen atoms in total. The lowest BCUT2D eigenvalue weighted by Gasteiger charge is -2.33. The Bertz CT molecular complexity index is 2770. The first-order valence-electron chi connectivity index (χ1n) is 19.4. The molecule has 0 radical (unpaired) electrons. The number of rotatable bonds is 12. The Morgan fingerprint density at radius 2 is 0.891 bits per heavy atom. The summed E-state index contributed by atoms with van der Waals surface area (Å²) in [5.74, 6) is 2.67. The number of methoxy groups -OCH3 is 4. The lowest BCUT2D eigenvalue weighted by molar-refractivity contribution is 0.355. The van der Waals surface area contributed by atoms with Crippen LogP contribution >= 0.6 is 69.1 Å². The van der Waals surface area contributed by atoms with Gasteiger partial charge in [-0.1, -0.05) is 46.4 Å². The normalized spacial score (nSPS) is 15.1. The maximum atomic E-state index is 13.0. The number of sulfonamides is 2. The minimum Gasteiger partial charge on any atom is -0.497 e. The molecule has 4 heterocycles. The minimum atomic E-state index is -3.67. The zero-order valence-corrected chi connectivity index (χ0v) is 41.1. The van der Waals surface area contributed by atoms with Crippen LogP contribution in [-0.4, -0.2) is 116 Å². The van der Waals surface area contributed by atoms with Gasteiger partial charge in [-0.05, 0) is 66.7 Å². The van der Waals surface area contributed by atoms with E-state index in [1.54, 1.807) is 28.4 Å². The zero-order valence-electron chi connectivity index (χ0n) is 34.8. The fourth-order valence-corrected chi connectivity index (χ4v) is 13.0. The van der Waals surface area contributed by atoms with Crippen LogP contribution < -0.4 is 28.7 Å². The molecular weight excluding hydrogens is 987 g/mol. The molecule has 2 aromatic heterocycles. The Balaban J connectivity index is 0.000000191. The maximum Gasteiger partial charge on any atom is 0.243 e. The first-order valence-corrected chi connectivity index (χ1v) is 25.6. The summed E-state index contributed by atoms with van der Waals surface area (Å²) >= 11 is 27.0. The molecule has 6 aromatic rings. The lowest BCUT2D eigenvalue weighted by atomic mass is 10.1. The highest BCUT2D eigenvalue weighted by molar-refractivity contribution is 7.89. The van der Waals surface area contributed by atoms with E-state index >= 15 is 0 Å². The van der Waals surface area contributed by atoms with Crippen molar-refractivity contribution in [1.82, 2.24) is 18.6 Å². The Morgan fingerprint density at radius 3 is 1.28 bits per heavy atom. The van der Waals surface area contributed by atoms with E-state index in [9.17, 15) is 16.8 Å².